The Bertz CT molecular complexity index is 456. The van der Waals surface area contributed by atoms with E-state index in [1.54, 1.807) is 0 Å². The molecule has 0 radical (unpaired) electrons. The van der Waals surface area contributed by atoms with Crippen LogP contribution < -0.4 is 16.4 Å². The summed E-state index contributed by atoms with van der Waals surface area (Å²) >= 11 is 0. The largest absolute Gasteiger partial charge is 0.351 e. The predicted molar refractivity (Wildman–Crippen MR) is 86.3 cm³/mol. The Morgan fingerprint density at radius 1 is 1.38 bits per heavy atom. The van der Waals surface area contributed by atoms with Crippen molar-refractivity contribution in [1.29, 1.82) is 0 Å². The molecule has 0 spiro atoms. The topological polar surface area (TPSA) is 70.4 Å². The first-order valence-corrected chi connectivity index (χ1v) is 7.74. The molecule has 2 amide bonds. The molecule has 1 atom stereocenters. The molecule has 0 aromatic heterocycles. The van der Waals surface area contributed by atoms with Crippen molar-refractivity contribution in [2.45, 2.75) is 38.8 Å². The zero-order valence-electron chi connectivity index (χ0n) is 12.9. The van der Waals surface area contributed by atoms with E-state index in [-0.39, 0.29) is 0 Å². The summed E-state index contributed by atoms with van der Waals surface area (Å²) in [6.07, 6.45) is 2.72. The van der Waals surface area contributed by atoms with Crippen molar-refractivity contribution in [2.75, 3.05) is 25.0 Å². The number of likely N-dealkylation sites (N-methyl/N-ethyl adjacent to an activating group) is 1. The van der Waals surface area contributed by atoms with Gasteiger partial charge in [-0.3, -0.25) is 4.90 Å². The van der Waals surface area contributed by atoms with Crippen LogP contribution in [0.2, 0.25) is 0 Å². The van der Waals surface area contributed by atoms with Crippen molar-refractivity contribution in [1.82, 2.24) is 10.2 Å². The van der Waals surface area contributed by atoms with Crippen molar-refractivity contribution < 1.29 is 4.79 Å². The number of nitrogens with one attached hydrogen (secondary N) is 2. The quantitative estimate of drug-likeness (QED) is 0.688. The average Bonchev–Trinajstić information content (AvgIpc) is 3.28. The molecule has 21 heavy (non-hydrogen) atoms. The van der Waals surface area contributed by atoms with E-state index in [2.05, 4.69) is 29.4 Å². The molecule has 116 valence electrons. The highest BCUT2D eigenvalue weighted by Crippen LogP contribution is 2.26. The molecule has 0 heterocycles. The second-order valence-electron chi connectivity index (χ2n) is 5.65. The van der Waals surface area contributed by atoms with Crippen LogP contribution in [0.15, 0.2) is 24.3 Å². The SMILES string of the molecule is CCN(CCNC(C)c1ccc(NC(N)=O)cc1)C1CC1. The Kier molecular flexibility index (Phi) is 5.59. The number of amides is 2. The number of urea groups is 1. The monoisotopic (exact) mass is 290 g/mol. The fourth-order valence-electron chi connectivity index (χ4n) is 2.58. The van der Waals surface area contributed by atoms with E-state index in [1.807, 2.05) is 24.3 Å². The zero-order chi connectivity index (χ0) is 15.2. The second kappa shape index (κ2) is 7.43. The van der Waals surface area contributed by atoms with Gasteiger partial charge in [-0.1, -0.05) is 19.1 Å². The van der Waals surface area contributed by atoms with Crippen LogP contribution >= 0.6 is 0 Å². The highest BCUT2D eigenvalue weighted by atomic mass is 16.2. The molecule has 4 N–H and O–H groups in total. The van der Waals surface area contributed by atoms with Crippen LogP contribution in [0.25, 0.3) is 0 Å². The summed E-state index contributed by atoms with van der Waals surface area (Å²) in [6.45, 7) is 7.62. The van der Waals surface area contributed by atoms with Gasteiger partial charge in [0.15, 0.2) is 0 Å². The number of carbonyl (C=O) groups is 1. The van der Waals surface area contributed by atoms with E-state index < -0.39 is 6.03 Å². The molecule has 1 aromatic carbocycles. The van der Waals surface area contributed by atoms with Crippen molar-refractivity contribution >= 4 is 11.7 Å². The van der Waals surface area contributed by atoms with Crippen molar-refractivity contribution in [3.8, 4) is 0 Å². The lowest BCUT2D eigenvalue weighted by Crippen LogP contribution is -2.34. The zero-order valence-corrected chi connectivity index (χ0v) is 12.9. The third-order valence-electron chi connectivity index (χ3n) is 4.00. The number of nitrogens with zero attached hydrogens (tertiary/aromatic N) is 1. The Hall–Kier alpha value is -1.59. The lowest BCUT2D eigenvalue weighted by atomic mass is 10.1. The molecule has 1 saturated carbocycles. The van der Waals surface area contributed by atoms with E-state index >= 15 is 0 Å². The molecule has 1 aliphatic rings. The molecule has 5 nitrogen and oxygen atoms in total. The Labute approximate surface area is 126 Å². The highest BCUT2D eigenvalue weighted by Gasteiger charge is 2.27. The van der Waals surface area contributed by atoms with Crippen LogP contribution in [0.3, 0.4) is 0 Å². The number of hydrogen-bond donors (Lipinski definition) is 3. The summed E-state index contributed by atoms with van der Waals surface area (Å²) in [7, 11) is 0. The van der Waals surface area contributed by atoms with Gasteiger partial charge in [-0.25, -0.2) is 4.79 Å². The van der Waals surface area contributed by atoms with Crippen molar-refractivity contribution in [3.63, 3.8) is 0 Å². The van der Waals surface area contributed by atoms with Gasteiger partial charge in [-0.2, -0.15) is 0 Å². The lowest BCUT2D eigenvalue weighted by molar-refractivity contribution is 0.259. The van der Waals surface area contributed by atoms with Gasteiger partial charge < -0.3 is 16.4 Å². The van der Waals surface area contributed by atoms with Crippen LogP contribution in [0.1, 0.15) is 38.3 Å². The number of hydrogen-bond acceptors (Lipinski definition) is 3. The van der Waals surface area contributed by atoms with Gasteiger partial charge in [0.25, 0.3) is 0 Å². The summed E-state index contributed by atoms with van der Waals surface area (Å²) in [5.74, 6) is 0. The predicted octanol–water partition coefficient (Wildman–Crippen LogP) is 2.31. The Morgan fingerprint density at radius 2 is 2.05 bits per heavy atom. The number of benzene rings is 1. The first-order chi connectivity index (χ1) is 10.1. The molecule has 0 saturated heterocycles. The van der Waals surface area contributed by atoms with Gasteiger partial charge in [0, 0.05) is 30.9 Å². The van der Waals surface area contributed by atoms with Crippen LogP contribution in [-0.4, -0.2) is 36.6 Å². The smallest absolute Gasteiger partial charge is 0.316 e. The standard InChI is InChI=1S/C16H26N4O/c1-3-20(15-8-9-15)11-10-18-12(2)13-4-6-14(7-5-13)19-16(17)21/h4-7,12,15,18H,3,8-11H2,1-2H3,(H3,17,19,21). The third-order valence-corrected chi connectivity index (χ3v) is 4.00. The maximum atomic E-state index is 10.8. The minimum absolute atomic E-state index is 0.297. The van der Waals surface area contributed by atoms with E-state index in [0.717, 1.165) is 31.4 Å². The lowest BCUT2D eigenvalue weighted by Gasteiger charge is -2.22. The maximum Gasteiger partial charge on any atom is 0.316 e. The van der Waals surface area contributed by atoms with Gasteiger partial charge in [-0.05, 0) is 44.0 Å². The normalized spacial score (nSPS) is 16.0. The number of rotatable bonds is 8. The second-order valence-corrected chi connectivity index (χ2v) is 5.65. The molecule has 0 bridgehead atoms. The number of anilines is 1. The molecular weight excluding hydrogens is 264 g/mol. The van der Waals surface area contributed by atoms with E-state index in [0.29, 0.717) is 6.04 Å². The molecular formula is C16H26N4O. The third kappa shape index (κ3) is 5.02. The van der Waals surface area contributed by atoms with Gasteiger partial charge >= 0.3 is 6.03 Å². The summed E-state index contributed by atoms with van der Waals surface area (Å²) in [5.41, 5.74) is 7.03. The van der Waals surface area contributed by atoms with Crippen molar-refractivity contribution in [3.05, 3.63) is 29.8 Å². The average molecular weight is 290 g/mol. The Balaban J connectivity index is 1.76. The summed E-state index contributed by atoms with van der Waals surface area (Å²) in [6, 6.07) is 8.37. The van der Waals surface area contributed by atoms with Crippen LogP contribution in [-0.2, 0) is 0 Å². The summed E-state index contributed by atoms with van der Waals surface area (Å²) < 4.78 is 0. The summed E-state index contributed by atoms with van der Waals surface area (Å²) in [4.78, 5) is 13.3. The molecule has 1 aliphatic carbocycles. The molecule has 0 aliphatic heterocycles. The molecule has 1 fully saturated rings. The molecule has 1 unspecified atom stereocenters. The van der Waals surface area contributed by atoms with Crippen molar-refractivity contribution in [2.24, 2.45) is 5.73 Å². The van der Waals surface area contributed by atoms with E-state index in [9.17, 15) is 4.79 Å². The fraction of sp³-hybridized carbons (Fsp3) is 0.562. The molecule has 1 aromatic rings. The van der Waals surface area contributed by atoms with Gasteiger partial charge in [-0.15, -0.1) is 0 Å². The number of primary amides is 1. The van der Waals surface area contributed by atoms with Crippen LogP contribution in [0.5, 0.6) is 0 Å². The van der Waals surface area contributed by atoms with Crippen LogP contribution in [0, 0.1) is 0 Å². The fourth-order valence-corrected chi connectivity index (χ4v) is 2.58. The van der Waals surface area contributed by atoms with Gasteiger partial charge in [0.05, 0.1) is 0 Å². The van der Waals surface area contributed by atoms with E-state index in [1.165, 1.54) is 18.4 Å². The first kappa shape index (κ1) is 15.8. The van der Waals surface area contributed by atoms with E-state index in [4.69, 9.17) is 5.73 Å². The maximum absolute atomic E-state index is 10.8. The Morgan fingerprint density at radius 3 is 2.57 bits per heavy atom. The first-order valence-electron chi connectivity index (χ1n) is 7.74. The molecule has 5 heteroatoms. The summed E-state index contributed by atoms with van der Waals surface area (Å²) in [5, 5.41) is 6.12. The minimum Gasteiger partial charge on any atom is -0.351 e. The number of nitrogens with two attached hydrogens (primary N) is 1. The van der Waals surface area contributed by atoms with Crippen LogP contribution in [0.4, 0.5) is 10.5 Å². The highest BCUT2D eigenvalue weighted by molar-refractivity contribution is 5.87. The number of carbonyl (C=O) groups excluding carboxylic acids is 1. The minimum atomic E-state index is -0.534. The molecule has 2 rings (SSSR count). The van der Waals surface area contributed by atoms with Gasteiger partial charge in [0.1, 0.15) is 0 Å². The van der Waals surface area contributed by atoms with Gasteiger partial charge in [0.2, 0.25) is 0 Å².